The summed E-state index contributed by atoms with van der Waals surface area (Å²) in [5.74, 6) is -0.137. The van der Waals surface area contributed by atoms with Crippen LogP contribution in [0.1, 0.15) is 10.4 Å². The molecule has 1 aromatic carbocycles. The maximum atomic E-state index is 11.6. The van der Waals surface area contributed by atoms with Gasteiger partial charge in [-0.1, -0.05) is 18.2 Å². The summed E-state index contributed by atoms with van der Waals surface area (Å²) in [4.78, 5) is 11.6. The number of nitrogens with one attached hydrogen (secondary N) is 2. The van der Waals surface area contributed by atoms with Gasteiger partial charge in [-0.05, 0) is 17.2 Å². The first-order chi connectivity index (χ1) is 7.09. The number of nitrogens with two attached hydrogens (primary N) is 1. The third-order valence-corrected chi connectivity index (χ3v) is 1.62. The van der Waals surface area contributed by atoms with E-state index in [1.807, 2.05) is 20.2 Å². The molecule has 18 heavy (non-hydrogen) atoms. The summed E-state index contributed by atoms with van der Waals surface area (Å²) < 4.78 is 0. The number of quaternary nitrogens is 1. The van der Waals surface area contributed by atoms with Crippen molar-refractivity contribution >= 4 is 36.7 Å². The smallest absolute Gasteiger partial charge is 0.258 e. The number of hydrogen-bond donors (Lipinski definition) is 3. The third kappa shape index (κ3) is 8.14. The van der Waals surface area contributed by atoms with Gasteiger partial charge in [0, 0.05) is 5.56 Å². The zero-order chi connectivity index (χ0) is 11.3. The molecule has 1 rings (SSSR count). The first kappa shape index (κ1) is 22.2. The fourth-order valence-corrected chi connectivity index (χ4v) is 1.05. The molecule has 104 valence electrons. The maximum absolute atomic E-state index is 11.6. The molecule has 0 radical (unpaired) electrons. The summed E-state index contributed by atoms with van der Waals surface area (Å²) in [6.45, 7) is 0. The van der Waals surface area contributed by atoms with E-state index in [-0.39, 0.29) is 49.1 Å². The molecule has 0 aliphatic heterocycles. The minimum absolute atomic E-state index is 0. The number of carbonyl (C=O) groups is 1. The zero-order valence-electron chi connectivity index (χ0n) is 10.0. The van der Waals surface area contributed by atoms with Crippen LogP contribution >= 0.6 is 24.8 Å². The van der Waals surface area contributed by atoms with E-state index in [1.54, 1.807) is 24.3 Å². The number of carbonyl (C=O) groups excluding carboxylic acids is 1. The van der Waals surface area contributed by atoms with Gasteiger partial charge in [-0.3, -0.25) is 10.1 Å². The molecule has 0 unspecified atom stereocenters. The van der Waals surface area contributed by atoms with Crippen LogP contribution in [0.15, 0.2) is 35.4 Å². The van der Waals surface area contributed by atoms with Crippen LogP contribution in [0.3, 0.4) is 0 Å². The molecular formula is C10H17Cl3N4O. The van der Waals surface area contributed by atoms with Crippen molar-refractivity contribution in [3.05, 3.63) is 35.9 Å². The van der Waals surface area contributed by atoms with Crippen molar-refractivity contribution in [3.8, 4) is 0 Å². The van der Waals surface area contributed by atoms with E-state index in [4.69, 9.17) is 5.73 Å². The van der Waals surface area contributed by atoms with Crippen LogP contribution in [-0.2, 0) is 0 Å². The van der Waals surface area contributed by atoms with Crippen LogP contribution in [0, 0.1) is 0 Å². The number of amides is 1. The highest BCUT2D eigenvalue weighted by Crippen LogP contribution is 1.96. The summed E-state index contributed by atoms with van der Waals surface area (Å²) in [7, 11) is 3.61. The molecule has 0 aliphatic rings. The normalized spacial score (nSPS) is 9.61. The zero-order valence-corrected chi connectivity index (χ0v) is 12.4. The van der Waals surface area contributed by atoms with Crippen LogP contribution in [0.4, 0.5) is 0 Å². The Morgan fingerprint density at radius 3 is 2.17 bits per heavy atom. The third-order valence-electron chi connectivity index (χ3n) is 1.62. The average molecular weight is 316 g/mol. The monoisotopic (exact) mass is 314 g/mol. The highest BCUT2D eigenvalue weighted by molar-refractivity contribution is 6.04. The second-order valence-corrected chi connectivity index (χ2v) is 3.26. The quantitative estimate of drug-likeness (QED) is 0.303. The van der Waals surface area contributed by atoms with Crippen molar-refractivity contribution < 1.29 is 22.2 Å². The number of guanidine groups is 1. The van der Waals surface area contributed by atoms with Gasteiger partial charge < -0.3 is 18.1 Å². The molecule has 0 saturated carbocycles. The van der Waals surface area contributed by atoms with Gasteiger partial charge in [0.1, 0.15) is 0 Å². The van der Waals surface area contributed by atoms with Gasteiger partial charge in [-0.2, -0.15) is 0 Å². The highest BCUT2D eigenvalue weighted by Gasteiger charge is 2.06. The summed E-state index contributed by atoms with van der Waals surface area (Å²) in [5, 5.41) is 7.21. The Kier molecular flexibility index (Phi) is 13.7. The van der Waals surface area contributed by atoms with Crippen LogP contribution in [0.25, 0.3) is 0 Å². The number of nitrogens with zero attached hydrogens (tertiary/aromatic N) is 1. The maximum Gasteiger partial charge on any atom is 0.258 e. The van der Waals surface area contributed by atoms with Crippen LogP contribution in [0.2, 0.25) is 0 Å². The molecule has 0 fully saturated rings. The minimum Gasteiger partial charge on any atom is -1.00 e. The molecule has 0 aliphatic carbocycles. The van der Waals surface area contributed by atoms with E-state index in [0.29, 0.717) is 5.56 Å². The molecule has 1 amide bonds. The van der Waals surface area contributed by atoms with Crippen molar-refractivity contribution in [1.82, 2.24) is 5.32 Å². The molecule has 8 heteroatoms. The highest BCUT2D eigenvalue weighted by atomic mass is 35.5. The van der Waals surface area contributed by atoms with Crippen LogP contribution in [-0.4, -0.2) is 26.0 Å². The molecule has 0 aromatic heterocycles. The first-order valence-electron chi connectivity index (χ1n) is 4.60. The van der Waals surface area contributed by atoms with Crippen molar-refractivity contribution in [3.63, 3.8) is 0 Å². The molecule has 4 N–H and O–H groups in total. The van der Waals surface area contributed by atoms with E-state index in [1.165, 1.54) is 0 Å². The van der Waals surface area contributed by atoms with Gasteiger partial charge in [-0.15, -0.1) is 24.8 Å². The molecule has 0 spiro atoms. The lowest BCUT2D eigenvalue weighted by Gasteiger charge is -2.04. The largest absolute Gasteiger partial charge is 1.00 e. The summed E-state index contributed by atoms with van der Waals surface area (Å²) in [5.41, 5.74) is 6.07. The molecule has 0 atom stereocenters. The lowest BCUT2D eigenvalue weighted by Crippen LogP contribution is -3.01. The lowest BCUT2D eigenvalue weighted by molar-refractivity contribution is -0.865. The van der Waals surface area contributed by atoms with E-state index >= 15 is 0 Å². The van der Waals surface area contributed by atoms with E-state index in [9.17, 15) is 4.79 Å². The first-order valence-corrected chi connectivity index (χ1v) is 4.60. The van der Waals surface area contributed by atoms with Gasteiger partial charge in [0.25, 0.3) is 11.9 Å². The Morgan fingerprint density at radius 1 is 1.22 bits per heavy atom. The molecule has 0 heterocycles. The second-order valence-electron chi connectivity index (χ2n) is 3.26. The summed E-state index contributed by atoms with van der Waals surface area (Å²) >= 11 is 0. The van der Waals surface area contributed by atoms with Gasteiger partial charge in [0.15, 0.2) is 0 Å². The number of hydrogen-bond acceptors (Lipinski definition) is 2. The standard InChI is InChI=1S/C10H14N4O.3ClH/c1-14(2)13-10(11)12-9(15)8-6-4-3-5-7-8;;;/h3-7H,1-2H3,(H3,11,12,13,15);3*1H. The SMILES string of the molecule is C[NH+](C)/N=C(\N)NC(=O)c1ccccc1.Cl.Cl.[Cl-]. The fraction of sp³-hybridized carbons (Fsp3) is 0.200. The molecule has 5 nitrogen and oxygen atoms in total. The number of halogens is 3. The molecule has 1 aromatic rings. The number of benzene rings is 1. The fourth-order valence-electron chi connectivity index (χ4n) is 1.05. The van der Waals surface area contributed by atoms with Crippen LogP contribution in [0.5, 0.6) is 0 Å². The van der Waals surface area contributed by atoms with Gasteiger partial charge in [0.2, 0.25) is 0 Å². The minimum atomic E-state index is -0.252. The molecular weight excluding hydrogens is 298 g/mol. The van der Waals surface area contributed by atoms with Crippen molar-refractivity contribution in [2.24, 2.45) is 10.8 Å². The number of rotatable bonds is 2. The summed E-state index contributed by atoms with van der Waals surface area (Å²) in [6, 6.07) is 8.85. The Labute approximate surface area is 125 Å². The van der Waals surface area contributed by atoms with E-state index in [2.05, 4.69) is 10.4 Å². The van der Waals surface area contributed by atoms with Crippen molar-refractivity contribution in [2.75, 3.05) is 14.1 Å². The van der Waals surface area contributed by atoms with E-state index < -0.39 is 0 Å². The molecule has 0 bridgehead atoms. The Balaban J connectivity index is -0.000000750. The lowest BCUT2D eigenvalue weighted by atomic mass is 10.2. The second kappa shape index (κ2) is 11.1. The Bertz CT molecular complexity index is 371. The average Bonchev–Trinajstić information content (AvgIpc) is 2.17. The van der Waals surface area contributed by atoms with Gasteiger partial charge in [-0.25, -0.2) is 5.01 Å². The Morgan fingerprint density at radius 2 is 1.72 bits per heavy atom. The Hall–Kier alpha value is -1.01. The summed E-state index contributed by atoms with van der Waals surface area (Å²) in [6.07, 6.45) is 0. The molecule has 0 saturated heterocycles. The van der Waals surface area contributed by atoms with Crippen molar-refractivity contribution in [2.45, 2.75) is 0 Å². The topological polar surface area (TPSA) is 71.9 Å². The van der Waals surface area contributed by atoms with Crippen molar-refractivity contribution in [1.29, 1.82) is 0 Å². The predicted octanol–water partition coefficient (Wildman–Crippen LogP) is -3.36. The van der Waals surface area contributed by atoms with Gasteiger partial charge >= 0.3 is 0 Å². The van der Waals surface area contributed by atoms with Crippen LogP contribution < -0.4 is 28.5 Å². The van der Waals surface area contributed by atoms with Gasteiger partial charge in [0.05, 0.1) is 14.1 Å². The predicted molar refractivity (Wildman–Crippen MR) is 72.8 cm³/mol. The van der Waals surface area contributed by atoms with E-state index in [0.717, 1.165) is 5.01 Å².